The Morgan fingerprint density at radius 2 is 1.56 bits per heavy atom. The van der Waals surface area contributed by atoms with E-state index in [0.717, 1.165) is 0 Å². The normalized spacial score (nSPS) is 10.0. The molecule has 0 aromatic carbocycles. The average Bonchev–Trinajstić information content (AvgIpc) is 2.55. The van der Waals surface area contributed by atoms with Crippen LogP contribution >= 0.6 is 23.2 Å². The van der Waals surface area contributed by atoms with Crippen molar-refractivity contribution in [2.24, 2.45) is 0 Å². The number of amides is 1. The zero-order valence-electron chi connectivity index (χ0n) is 14.0. The molecule has 0 fully saturated rings. The molecular formula is C16H18Cl2F2N4O. The molecule has 25 heavy (non-hydrogen) atoms. The first kappa shape index (κ1) is 21.1. The minimum atomic E-state index is -0.560. The van der Waals surface area contributed by atoms with Crippen LogP contribution in [0.15, 0.2) is 12.4 Å². The first-order valence-electron chi connectivity index (χ1n) is 7.41. The fourth-order valence-corrected chi connectivity index (χ4v) is 2.46. The molecule has 0 aliphatic carbocycles. The molecule has 0 spiro atoms. The van der Waals surface area contributed by atoms with Crippen LogP contribution in [0, 0.1) is 11.6 Å². The Hall–Kier alpha value is -1.99. The minimum absolute atomic E-state index is 0.0706. The van der Waals surface area contributed by atoms with Crippen molar-refractivity contribution in [2.75, 3.05) is 11.1 Å². The standard InChI is InChI=1S/C9H10ClFN2O.C7H8ClFN2/c1-3-6-7(10)4-12-9(8(6)11)13-5(2)14;1-2-4-5(8)3-11-7(10)6(4)9/h4H,3H2,1-2H3,(H,12,13,14);3H,2H2,1H3,(H2,10,11). The third-order valence-electron chi connectivity index (χ3n) is 3.16. The maximum atomic E-state index is 13.5. The zero-order valence-corrected chi connectivity index (χ0v) is 15.5. The van der Waals surface area contributed by atoms with E-state index in [1.54, 1.807) is 6.92 Å². The number of hydrogen-bond donors (Lipinski definition) is 2. The Morgan fingerprint density at radius 3 is 2.00 bits per heavy atom. The number of pyridine rings is 2. The second kappa shape index (κ2) is 9.48. The Morgan fingerprint density at radius 1 is 1.08 bits per heavy atom. The van der Waals surface area contributed by atoms with Crippen LogP contribution in [-0.4, -0.2) is 15.9 Å². The Balaban J connectivity index is 0.000000257. The highest BCUT2D eigenvalue weighted by atomic mass is 35.5. The summed E-state index contributed by atoms with van der Waals surface area (Å²) >= 11 is 11.4. The van der Waals surface area contributed by atoms with Crippen LogP contribution < -0.4 is 11.1 Å². The maximum absolute atomic E-state index is 13.5. The first-order valence-corrected chi connectivity index (χ1v) is 8.17. The molecule has 0 atom stereocenters. The SMILES string of the molecule is CCc1c(Cl)cnc(N)c1F.CCc1c(Cl)cnc(NC(C)=O)c1F. The summed E-state index contributed by atoms with van der Waals surface area (Å²) in [5.74, 6) is -1.58. The van der Waals surface area contributed by atoms with Gasteiger partial charge in [0.2, 0.25) is 5.91 Å². The van der Waals surface area contributed by atoms with Crippen molar-refractivity contribution in [3.05, 3.63) is 45.2 Å². The second-order valence-electron chi connectivity index (χ2n) is 4.92. The van der Waals surface area contributed by atoms with Crippen molar-refractivity contribution < 1.29 is 13.6 Å². The first-order chi connectivity index (χ1) is 11.7. The van der Waals surface area contributed by atoms with Gasteiger partial charge in [-0.3, -0.25) is 4.79 Å². The number of nitrogen functional groups attached to an aromatic ring is 1. The van der Waals surface area contributed by atoms with Gasteiger partial charge in [0, 0.05) is 30.4 Å². The number of nitrogens with one attached hydrogen (secondary N) is 1. The summed E-state index contributed by atoms with van der Waals surface area (Å²) in [5, 5.41) is 2.90. The zero-order chi connectivity index (χ0) is 19.1. The van der Waals surface area contributed by atoms with Crippen molar-refractivity contribution in [2.45, 2.75) is 33.6 Å². The number of aromatic nitrogens is 2. The van der Waals surface area contributed by atoms with E-state index in [-0.39, 0.29) is 22.6 Å². The van der Waals surface area contributed by atoms with E-state index in [0.29, 0.717) is 29.0 Å². The van der Waals surface area contributed by atoms with Crippen molar-refractivity contribution in [3.8, 4) is 0 Å². The number of nitrogens with two attached hydrogens (primary N) is 1. The third kappa shape index (κ3) is 5.51. The molecule has 2 heterocycles. The number of carbonyl (C=O) groups excluding carboxylic acids is 1. The van der Waals surface area contributed by atoms with Gasteiger partial charge >= 0.3 is 0 Å². The van der Waals surface area contributed by atoms with Crippen molar-refractivity contribution in [1.82, 2.24) is 9.97 Å². The van der Waals surface area contributed by atoms with Gasteiger partial charge in [-0.2, -0.15) is 0 Å². The lowest BCUT2D eigenvalue weighted by Crippen LogP contribution is -2.10. The van der Waals surface area contributed by atoms with Gasteiger partial charge in [-0.05, 0) is 12.8 Å². The lowest BCUT2D eigenvalue weighted by atomic mass is 10.2. The van der Waals surface area contributed by atoms with Gasteiger partial charge in [0.25, 0.3) is 0 Å². The molecule has 2 aromatic heterocycles. The summed E-state index contributed by atoms with van der Waals surface area (Å²) in [6.45, 7) is 4.88. The molecule has 136 valence electrons. The molecule has 0 unspecified atom stereocenters. The molecule has 0 bridgehead atoms. The topological polar surface area (TPSA) is 80.9 Å². The highest BCUT2D eigenvalue weighted by Crippen LogP contribution is 2.23. The molecule has 2 aromatic rings. The number of anilines is 2. The largest absolute Gasteiger partial charge is 0.381 e. The van der Waals surface area contributed by atoms with Crippen LogP contribution in [0.3, 0.4) is 0 Å². The van der Waals surface area contributed by atoms with Gasteiger partial charge in [0.1, 0.15) is 0 Å². The van der Waals surface area contributed by atoms with Crippen LogP contribution in [0.1, 0.15) is 31.9 Å². The monoisotopic (exact) mass is 390 g/mol. The number of carbonyl (C=O) groups is 1. The average molecular weight is 391 g/mol. The highest BCUT2D eigenvalue weighted by Gasteiger charge is 2.12. The molecule has 0 radical (unpaired) electrons. The molecule has 1 amide bonds. The molecule has 3 N–H and O–H groups in total. The molecule has 5 nitrogen and oxygen atoms in total. The Kier molecular flexibility index (Phi) is 7.99. The number of hydrogen-bond acceptors (Lipinski definition) is 4. The van der Waals surface area contributed by atoms with Crippen molar-refractivity contribution >= 4 is 40.7 Å². The van der Waals surface area contributed by atoms with Crippen LogP contribution in [0.25, 0.3) is 0 Å². The second-order valence-corrected chi connectivity index (χ2v) is 5.73. The maximum Gasteiger partial charge on any atom is 0.222 e. The number of halogens is 4. The van der Waals surface area contributed by atoms with Gasteiger partial charge < -0.3 is 11.1 Å². The molecule has 9 heteroatoms. The van der Waals surface area contributed by atoms with Crippen LogP contribution in [0.5, 0.6) is 0 Å². The third-order valence-corrected chi connectivity index (χ3v) is 3.82. The summed E-state index contributed by atoms with van der Waals surface area (Å²) in [4.78, 5) is 17.9. The fourth-order valence-electron chi connectivity index (χ4n) is 1.93. The van der Waals surface area contributed by atoms with Crippen LogP contribution in [0.2, 0.25) is 10.0 Å². The lowest BCUT2D eigenvalue weighted by Gasteiger charge is -2.07. The molecule has 0 aliphatic rings. The Bertz CT molecular complexity index is 772. The van der Waals surface area contributed by atoms with Crippen molar-refractivity contribution in [3.63, 3.8) is 0 Å². The van der Waals surface area contributed by atoms with E-state index in [4.69, 9.17) is 28.9 Å². The summed E-state index contributed by atoms with van der Waals surface area (Å²) in [7, 11) is 0. The molecular weight excluding hydrogens is 373 g/mol. The van der Waals surface area contributed by atoms with Crippen molar-refractivity contribution in [1.29, 1.82) is 0 Å². The quantitative estimate of drug-likeness (QED) is 0.812. The van der Waals surface area contributed by atoms with E-state index >= 15 is 0 Å². The number of rotatable bonds is 3. The summed E-state index contributed by atoms with van der Waals surface area (Å²) in [6.07, 6.45) is 3.67. The molecule has 0 saturated carbocycles. The van der Waals surface area contributed by atoms with E-state index in [2.05, 4.69) is 15.3 Å². The van der Waals surface area contributed by atoms with Gasteiger partial charge in [0.05, 0.1) is 10.0 Å². The smallest absolute Gasteiger partial charge is 0.222 e. The number of nitrogens with zero attached hydrogens (tertiary/aromatic N) is 2. The summed E-state index contributed by atoms with van der Waals surface area (Å²) < 4.78 is 26.5. The Labute approximate surface area is 154 Å². The molecule has 2 rings (SSSR count). The van der Waals surface area contributed by atoms with E-state index < -0.39 is 11.6 Å². The molecule has 0 saturated heterocycles. The minimum Gasteiger partial charge on any atom is -0.381 e. The van der Waals surface area contributed by atoms with Crippen LogP contribution in [0.4, 0.5) is 20.4 Å². The van der Waals surface area contributed by atoms with E-state index in [9.17, 15) is 13.6 Å². The predicted octanol–water partition coefficient (Wildman–Crippen LogP) is 4.41. The highest BCUT2D eigenvalue weighted by molar-refractivity contribution is 6.31. The summed E-state index contributed by atoms with van der Waals surface area (Å²) in [6, 6.07) is 0. The van der Waals surface area contributed by atoms with E-state index in [1.165, 1.54) is 19.3 Å². The van der Waals surface area contributed by atoms with Crippen LogP contribution in [-0.2, 0) is 17.6 Å². The van der Waals surface area contributed by atoms with Gasteiger partial charge in [0.15, 0.2) is 23.3 Å². The summed E-state index contributed by atoms with van der Waals surface area (Å²) in [5.41, 5.74) is 6.02. The predicted molar refractivity (Wildman–Crippen MR) is 95.9 cm³/mol. The molecule has 0 aliphatic heterocycles. The van der Waals surface area contributed by atoms with Gasteiger partial charge in [-0.25, -0.2) is 18.7 Å². The van der Waals surface area contributed by atoms with Gasteiger partial charge in [-0.1, -0.05) is 37.0 Å². The van der Waals surface area contributed by atoms with E-state index in [1.807, 2.05) is 6.92 Å². The fraction of sp³-hybridized carbons (Fsp3) is 0.312. The van der Waals surface area contributed by atoms with Gasteiger partial charge in [-0.15, -0.1) is 0 Å². The lowest BCUT2D eigenvalue weighted by molar-refractivity contribution is -0.114.